The van der Waals surface area contributed by atoms with Crippen molar-refractivity contribution in [2.75, 3.05) is 0 Å². The lowest BCUT2D eigenvalue weighted by molar-refractivity contribution is -0.147. The van der Waals surface area contributed by atoms with Crippen molar-refractivity contribution in [2.24, 2.45) is 5.41 Å². The lowest BCUT2D eigenvalue weighted by Gasteiger charge is -2.17. The van der Waals surface area contributed by atoms with E-state index in [1.165, 1.54) is 0 Å². The Morgan fingerprint density at radius 3 is 2.63 bits per heavy atom. The summed E-state index contributed by atoms with van der Waals surface area (Å²) in [6.45, 7) is 3.53. The minimum atomic E-state index is -0.729. The van der Waals surface area contributed by atoms with E-state index in [-0.39, 0.29) is 0 Å². The third kappa shape index (κ3) is 5.48. The predicted molar refractivity (Wildman–Crippen MR) is 79.6 cm³/mol. The number of allylic oxidation sites excluding steroid dienone is 2. The first-order valence-corrected chi connectivity index (χ1v) is 6.93. The van der Waals surface area contributed by atoms with Crippen molar-refractivity contribution in [3.8, 4) is 0 Å². The fraction of sp³-hybridized carbons (Fsp3) is 0.438. The molecule has 0 atom stereocenters. The lowest BCUT2D eigenvalue weighted by Crippen LogP contribution is -2.23. The monoisotopic (exact) mass is 280 g/mol. The maximum absolute atomic E-state index is 10.9. The highest BCUT2D eigenvalue weighted by molar-refractivity contribution is 6.31. The molecule has 0 aliphatic rings. The third-order valence-electron chi connectivity index (χ3n) is 3.21. The minimum absolute atomic E-state index is 0.628. The number of halogens is 1. The van der Waals surface area contributed by atoms with Gasteiger partial charge in [0.2, 0.25) is 0 Å². The molecule has 0 aliphatic carbocycles. The van der Waals surface area contributed by atoms with Crippen LogP contribution in [-0.4, -0.2) is 11.1 Å². The van der Waals surface area contributed by atoms with Crippen LogP contribution in [0.2, 0.25) is 5.02 Å². The second-order valence-corrected chi connectivity index (χ2v) is 5.76. The fourth-order valence-corrected chi connectivity index (χ4v) is 1.97. The van der Waals surface area contributed by atoms with Gasteiger partial charge in [0.05, 0.1) is 5.41 Å². The van der Waals surface area contributed by atoms with E-state index in [0.29, 0.717) is 6.42 Å². The molecule has 0 saturated heterocycles. The number of benzene rings is 1. The van der Waals surface area contributed by atoms with Crippen molar-refractivity contribution >= 4 is 17.6 Å². The van der Waals surface area contributed by atoms with Crippen molar-refractivity contribution < 1.29 is 9.90 Å². The molecule has 0 saturated carbocycles. The van der Waals surface area contributed by atoms with Gasteiger partial charge in [0.15, 0.2) is 0 Å². The van der Waals surface area contributed by atoms with Gasteiger partial charge in [-0.25, -0.2) is 0 Å². The quantitative estimate of drug-likeness (QED) is 0.580. The molecule has 104 valence electrons. The van der Waals surface area contributed by atoms with Gasteiger partial charge >= 0.3 is 5.97 Å². The molecule has 0 aromatic heterocycles. The van der Waals surface area contributed by atoms with Crippen LogP contribution in [0.25, 0.3) is 0 Å². The van der Waals surface area contributed by atoms with Crippen LogP contribution in [0.15, 0.2) is 36.4 Å². The van der Waals surface area contributed by atoms with Crippen LogP contribution < -0.4 is 0 Å². The summed E-state index contributed by atoms with van der Waals surface area (Å²) in [6.07, 6.45) is 7.50. The largest absolute Gasteiger partial charge is 0.481 e. The number of carboxylic acids is 1. The molecule has 2 nitrogen and oxygen atoms in total. The number of unbranched alkanes of at least 4 members (excludes halogenated alkanes) is 1. The summed E-state index contributed by atoms with van der Waals surface area (Å²) in [5.74, 6) is -0.729. The molecule has 19 heavy (non-hydrogen) atoms. The summed E-state index contributed by atoms with van der Waals surface area (Å²) in [6, 6.07) is 7.80. The zero-order valence-corrected chi connectivity index (χ0v) is 12.3. The van der Waals surface area contributed by atoms with E-state index < -0.39 is 11.4 Å². The first-order valence-electron chi connectivity index (χ1n) is 6.55. The molecule has 0 radical (unpaired) electrons. The molecular weight excluding hydrogens is 260 g/mol. The Balaban J connectivity index is 2.29. The first-order chi connectivity index (χ1) is 8.93. The van der Waals surface area contributed by atoms with Gasteiger partial charge in [0.1, 0.15) is 0 Å². The number of aliphatic carboxylic acids is 1. The summed E-state index contributed by atoms with van der Waals surface area (Å²) in [5.41, 5.74) is 0.489. The van der Waals surface area contributed by atoms with Crippen LogP contribution >= 0.6 is 11.6 Å². The van der Waals surface area contributed by atoms with Crippen LogP contribution in [0.1, 0.15) is 38.7 Å². The van der Waals surface area contributed by atoms with Gasteiger partial charge in [-0.3, -0.25) is 4.79 Å². The van der Waals surface area contributed by atoms with Gasteiger partial charge < -0.3 is 5.11 Å². The average molecular weight is 281 g/mol. The highest BCUT2D eigenvalue weighted by Gasteiger charge is 2.25. The fourth-order valence-electron chi connectivity index (χ4n) is 1.76. The zero-order valence-electron chi connectivity index (χ0n) is 11.5. The lowest BCUT2D eigenvalue weighted by atomic mass is 9.87. The van der Waals surface area contributed by atoms with Crippen LogP contribution in [-0.2, 0) is 11.2 Å². The van der Waals surface area contributed by atoms with Crippen LogP contribution in [0, 0.1) is 5.41 Å². The Morgan fingerprint density at radius 2 is 2.00 bits per heavy atom. The van der Waals surface area contributed by atoms with Crippen LogP contribution in [0.5, 0.6) is 0 Å². The van der Waals surface area contributed by atoms with E-state index in [1.807, 2.05) is 24.3 Å². The molecule has 1 aromatic rings. The second kappa shape index (κ2) is 7.34. The number of carboxylic acid groups (broad SMARTS) is 1. The van der Waals surface area contributed by atoms with Gasteiger partial charge in [-0.2, -0.15) is 0 Å². The molecule has 0 aliphatic heterocycles. The summed E-state index contributed by atoms with van der Waals surface area (Å²) in [4.78, 5) is 10.9. The van der Waals surface area contributed by atoms with Crippen molar-refractivity contribution in [2.45, 2.75) is 39.5 Å². The van der Waals surface area contributed by atoms with Gasteiger partial charge in [-0.05, 0) is 51.2 Å². The van der Waals surface area contributed by atoms with Crippen molar-refractivity contribution in [1.29, 1.82) is 0 Å². The van der Waals surface area contributed by atoms with Gasteiger partial charge in [0.25, 0.3) is 0 Å². The Bertz CT molecular complexity index is 450. The molecule has 0 unspecified atom stereocenters. The smallest absolute Gasteiger partial charge is 0.309 e. The Kier molecular flexibility index (Phi) is 6.10. The molecule has 1 rings (SSSR count). The Morgan fingerprint density at radius 1 is 1.32 bits per heavy atom. The molecule has 0 amide bonds. The van der Waals surface area contributed by atoms with Crippen LogP contribution in [0.4, 0.5) is 0 Å². The second-order valence-electron chi connectivity index (χ2n) is 5.35. The number of carbonyl (C=O) groups is 1. The summed E-state index contributed by atoms with van der Waals surface area (Å²) >= 11 is 6.06. The first kappa shape index (κ1) is 15.8. The Hall–Kier alpha value is -1.28. The molecule has 0 spiro atoms. The Labute approximate surface area is 120 Å². The van der Waals surface area contributed by atoms with Crippen molar-refractivity contribution in [3.05, 3.63) is 47.0 Å². The predicted octanol–water partition coefficient (Wildman–Crippen LogP) is 4.72. The number of rotatable bonds is 7. The molecule has 0 heterocycles. The molecule has 1 aromatic carbocycles. The van der Waals surface area contributed by atoms with Crippen molar-refractivity contribution in [1.82, 2.24) is 0 Å². The number of hydrogen-bond donors (Lipinski definition) is 1. The summed E-state index contributed by atoms with van der Waals surface area (Å²) in [5, 5.41) is 9.78. The standard InChI is InChI=1S/C16H21ClO2/c1-16(2,15(18)19)12-8-4-3-5-9-13-10-6-7-11-14(13)17/h3,5-7,10-11H,4,8-9,12H2,1-2H3,(H,18,19)/b5-3+. The van der Waals surface area contributed by atoms with E-state index in [1.54, 1.807) is 13.8 Å². The van der Waals surface area contributed by atoms with Gasteiger partial charge in [-0.1, -0.05) is 42.0 Å². The summed E-state index contributed by atoms with van der Waals surface area (Å²) < 4.78 is 0. The van der Waals surface area contributed by atoms with E-state index in [9.17, 15) is 4.79 Å². The third-order valence-corrected chi connectivity index (χ3v) is 3.58. The van der Waals surface area contributed by atoms with Crippen molar-refractivity contribution in [3.63, 3.8) is 0 Å². The molecule has 3 heteroatoms. The topological polar surface area (TPSA) is 37.3 Å². The molecule has 0 bridgehead atoms. The molecular formula is C16H21ClO2. The average Bonchev–Trinajstić information content (AvgIpc) is 2.35. The van der Waals surface area contributed by atoms with E-state index >= 15 is 0 Å². The maximum Gasteiger partial charge on any atom is 0.309 e. The SMILES string of the molecule is CC(C)(CCC/C=C/Cc1ccccc1Cl)C(=O)O. The van der Waals surface area contributed by atoms with E-state index in [2.05, 4.69) is 12.2 Å². The minimum Gasteiger partial charge on any atom is -0.481 e. The van der Waals surface area contributed by atoms with Gasteiger partial charge in [0, 0.05) is 5.02 Å². The number of hydrogen-bond acceptors (Lipinski definition) is 1. The van der Waals surface area contributed by atoms with Crippen LogP contribution in [0.3, 0.4) is 0 Å². The van der Waals surface area contributed by atoms with Gasteiger partial charge in [-0.15, -0.1) is 0 Å². The normalized spacial score (nSPS) is 11.9. The maximum atomic E-state index is 10.9. The highest BCUT2D eigenvalue weighted by atomic mass is 35.5. The van der Waals surface area contributed by atoms with E-state index in [0.717, 1.165) is 29.8 Å². The molecule has 1 N–H and O–H groups in total. The zero-order chi connectivity index (χ0) is 14.3. The van der Waals surface area contributed by atoms with E-state index in [4.69, 9.17) is 16.7 Å². The molecule has 0 fully saturated rings. The summed E-state index contributed by atoms with van der Waals surface area (Å²) in [7, 11) is 0. The highest BCUT2D eigenvalue weighted by Crippen LogP contribution is 2.23.